The van der Waals surface area contributed by atoms with E-state index in [1.807, 2.05) is 61.2 Å². The Morgan fingerprint density at radius 2 is 1.82 bits per heavy atom. The maximum atomic E-state index is 12.7. The molecule has 0 aromatic heterocycles. The molecule has 0 unspecified atom stereocenters. The highest BCUT2D eigenvalue weighted by molar-refractivity contribution is 5.96. The molecule has 1 aliphatic heterocycles. The molecule has 1 saturated heterocycles. The number of amides is 2. The lowest BCUT2D eigenvalue weighted by Crippen LogP contribution is -2.37. The molecule has 3 rings (SSSR count). The van der Waals surface area contributed by atoms with Crippen molar-refractivity contribution in [2.45, 2.75) is 33.6 Å². The van der Waals surface area contributed by atoms with E-state index in [0.29, 0.717) is 11.5 Å². The summed E-state index contributed by atoms with van der Waals surface area (Å²) < 4.78 is 0. The molecule has 1 heterocycles. The zero-order valence-corrected chi connectivity index (χ0v) is 16.9. The minimum atomic E-state index is -0.115. The first-order valence-corrected chi connectivity index (χ1v) is 9.92. The first-order valence-electron chi connectivity index (χ1n) is 9.92. The van der Waals surface area contributed by atoms with Crippen LogP contribution in [-0.2, 0) is 4.79 Å². The zero-order chi connectivity index (χ0) is 20.1. The van der Waals surface area contributed by atoms with E-state index < -0.39 is 0 Å². The molecule has 5 heteroatoms. The highest BCUT2D eigenvalue weighted by Gasteiger charge is 2.21. The van der Waals surface area contributed by atoms with Crippen molar-refractivity contribution < 1.29 is 9.59 Å². The molecule has 1 fully saturated rings. The molecule has 5 nitrogen and oxygen atoms in total. The predicted molar refractivity (Wildman–Crippen MR) is 114 cm³/mol. The number of anilines is 2. The number of hydrogen-bond donors (Lipinski definition) is 2. The average Bonchev–Trinajstić information content (AvgIpc) is 2.69. The number of aryl methyl sites for hydroxylation is 2. The summed E-state index contributed by atoms with van der Waals surface area (Å²) in [5, 5.41) is 6.06. The topological polar surface area (TPSA) is 61.4 Å². The van der Waals surface area contributed by atoms with Crippen LogP contribution in [0.1, 0.15) is 41.3 Å². The Labute approximate surface area is 167 Å². The maximum absolute atomic E-state index is 12.7. The van der Waals surface area contributed by atoms with Gasteiger partial charge in [-0.05, 0) is 68.0 Å². The Hall–Kier alpha value is -2.82. The lowest BCUT2D eigenvalue weighted by atomic mass is 9.98. The van der Waals surface area contributed by atoms with Crippen LogP contribution in [0.15, 0.2) is 42.5 Å². The number of rotatable bonds is 5. The van der Waals surface area contributed by atoms with Crippen LogP contribution in [0.2, 0.25) is 0 Å². The minimum Gasteiger partial charge on any atom is -0.376 e. The third-order valence-electron chi connectivity index (χ3n) is 5.30. The van der Waals surface area contributed by atoms with E-state index in [1.165, 1.54) is 0 Å². The van der Waals surface area contributed by atoms with Crippen molar-refractivity contribution in [3.05, 3.63) is 59.2 Å². The van der Waals surface area contributed by atoms with Crippen LogP contribution in [-0.4, -0.2) is 36.3 Å². The second kappa shape index (κ2) is 8.91. The van der Waals surface area contributed by atoms with Crippen molar-refractivity contribution in [3.8, 4) is 0 Å². The minimum absolute atomic E-state index is 0.0652. The number of nitrogens with one attached hydrogen (secondary N) is 2. The summed E-state index contributed by atoms with van der Waals surface area (Å²) in [6.45, 7) is 7.98. The maximum Gasteiger partial charge on any atom is 0.253 e. The fourth-order valence-corrected chi connectivity index (χ4v) is 3.40. The Bertz CT molecular complexity index is 855. The number of carbonyl (C=O) groups is 2. The van der Waals surface area contributed by atoms with Crippen molar-refractivity contribution in [1.29, 1.82) is 0 Å². The third kappa shape index (κ3) is 5.12. The average molecular weight is 380 g/mol. The Balaban J connectivity index is 1.57. The second-order valence-electron chi connectivity index (χ2n) is 7.78. The number of benzene rings is 2. The zero-order valence-electron chi connectivity index (χ0n) is 16.9. The van der Waals surface area contributed by atoms with Gasteiger partial charge < -0.3 is 15.5 Å². The van der Waals surface area contributed by atoms with Gasteiger partial charge in [0.05, 0.1) is 6.54 Å². The van der Waals surface area contributed by atoms with Gasteiger partial charge in [-0.1, -0.05) is 25.1 Å². The van der Waals surface area contributed by atoms with Gasteiger partial charge in [0, 0.05) is 30.0 Å². The molecule has 0 radical (unpaired) electrons. The normalized spacial score (nSPS) is 14.6. The van der Waals surface area contributed by atoms with E-state index in [9.17, 15) is 9.59 Å². The molecule has 0 atom stereocenters. The largest absolute Gasteiger partial charge is 0.376 e. The van der Waals surface area contributed by atoms with Gasteiger partial charge in [-0.3, -0.25) is 9.59 Å². The molecule has 0 aliphatic carbocycles. The lowest BCUT2D eigenvalue weighted by molar-refractivity contribution is -0.114. The van der Waals surface area contributed by atoms with Crippen molar-refractivity contribution in [1.82, 2.24) is 4.90 Å². The number of carbonyl (C=O) groups excluding carboxylic acids is 2. The summed E-state index contributed by atoms with van der Waals surface area (Å²) in [5.74, 6) is 0.637. The van der Waals surface area contributed by atoms with Gasteiger partial charge in [-0.25, -0.2) is 0 Å². The van der Waals surface area contributed by atoms with Crippen LogP contribution >= 0.6 is 0 Å². The Morgan fingerprint density at radius 1 is 1.07 bits per heavy atom. The molecule has 1 aliphatic rings. The molecule has 0 bridgehead atoms. The van der Waals surface area contributed by atoms with Crippen LogP contribution in [0.3, 0.4) is 0 Å². The molecule has 2 amide bonds. The fourth-order valence-electron chi connectivity index (χ4n) is 3.40. The van der Waals surface area contributed by atoms with Crippen LogP contribution in [0.5, 0.6) is 0 Å². The molecule has 2 aromatic carbocycles. The standard InChI is InChI=1S/C23H29N3O2/c1-16-9-11-26(12-10-16)23(28)19-5-4-6-20(14-19)24-15-22(27)25-21-13-17(2)7-8-18(21)3/h4-8,13-14,16,24H,9-12,15H2,1-3H3,(H,25,27). The SMILES string of the molecule is Cc1ccc(C)c(NC(=O)CNc2cccc(C(=O)N3CCC(C)CC3)c2)c1. The first-order chi connectivity index (χ1) is 13.4. The van der Waals surface area contributed by atoms with Crippen LogP contribution in [0, 0.1) is 19.8 Å². The summed E-state index contributed by atoms with van der Waals surface area (Å²) in [7, 11) is 0. The summed E-state index contributed by atoms with van der Waals surface area (Å²) in [4.78, 5) is 26.9. The van der Waals surface area contributed by atoms with Crippen LogP contribution < -0.4 is 10.6 Å². The summed E-state index contributed by atoms with van der Waals surface area (Å²) in [6, 6.07) is 13.4. The van der Waals surface area contributed by atoms with E-state index >= 15 is 0 Å². The van der Waals surface area contributed by atoms with E-state index in [-0.39, 0.29) is 18.4 Å². The first kappa shape index (κ1) is 19.9. The summed E-state index contributed by atoms with van der Waals surface area (Å²) >= 11 is 0. The van der Waals surface area contributed by atoms with E-state index in [4.69, 9.17) is 0 Å². The Morgan fingerprint density at radius 3 is 2.57 bits per heavy atom. The van der Waals surface area contributed by atoms with Gasteiger partial charge in [-0.15, -0.1) is 0 Å². The van der Waals surface area contributed by atoms with Gasteiger partial charge >= 0.3 is 0 Å². The lowest BCUT2D eigenvalue weighted by Gasteiger charge is -2.30. The van der Waals surface area contributed by atoms with Gasteiger partial charge in [0.15, 0.2) is 0 Å². The molecule has 0 saturated carbocycles. The van der Waals surface area contributed by atoms with Crippen LogP contribution in [0.4, 0.5) is 11.4 Å². The van der Waals surface area contributed by atoms with Crippen molar-refractivity contribution in [2.24, 2.45) is 5.92 Å². The van der Waals surface area contributed by atoms with Crippen molar-refractivity contribution >= 4 is 23.2 Å². The highest BCUT2D eigenvalue weighted by atomic mass is 16.2. The van der Waals surface area contributed by atoms with Crippen LogP contribution in [0.25, 0.3) is 0 Å². The monoisotopic (exact) mass is 379 g/mol. The van der Waals surface area contributed by atoms with Crippen molar-refractivity contribution in [3.63, 3.8) is 0 Å². The fraction of sp³-hybridized carbons (Fsp3) is 0.391. The number of likely N-dealkylation sites (tertiary alicyclic amines) is 1. The third-order valence-corrected chi connectivity index (χ3v) is 5.30. The van der Waals surface area contributed by atoms with Gasteiger partial charge in [0.1, 0.15) is 0 Å². The number of hydrogen-bond acceptors (Lipinski definition) is 3. The molecule has 2 N–H and O–H groups in total. The van der Waals surface area contributed by atoms with E-state index in [2.05, 4.69) is 17.6 Å². The smallest absolute Gasteiger partial charge is 0.253 e. The number of piperidine rings is 1. The predicted octanol–water partition coefficient (Wildman–Crippen LogP) is 4.23. The highest BCUT2D eigenvalue weighted by Crippen LogP contribution is 2.20. The molecule has 28 heavy (non-hydrogen) atoms. The molecule has 2 aromatic rings. The Kier molecular flexibility index (Phi) is 6.34. The van der Waals surface area contributed by atoms with Gasteiger partial charge in [0.25, 0.3) is 5.91 Å². The second-order valence-corrected chi connectivity index (χ2v) is 7.78. The van der Waals surface area contributed by atoms with Gasteiger partial charge in [0.2, 0.25) is 5.91 Å². The molecule has 148 valence electrons. The molecular formula is C23H29N3O2. The molecule has 0 spiro atoms. The van der Waals surface area contributed by atoms with Crippen molar-refractivity contribution in [2.75, 3.05) is 30.3 Å². The van der Waals surface area contributed by atoms with Gasteiger partial charge in [-0.2, -0.15) is 0 Å². The quantitative estimate of drug-likeness (QED) is 0.817. The van der Waals surface area contributed by atoms with E-state index in [1.54, 1.807) is 0 Å². The van der Waals surface area contributed by atoms with E-state index in [0.717, 1.165) is 48.4 Å². The summed E-state index contributed by atoms with van der Waals surface area (Å²) in [6.07, 6.45) is 2.12. The number of nitrogens with zero attached hydrogens (tertiary/aromatic N) is 1. The summed E-state index contributed by atoms with van der Waals surface area (Å²) in [5.41, 5.74) is 4.39. The molecular weight excluding hydrogens is 350 g/mol.